The number of aromatic nitrogens is 1. The normalized spacial score (nSPS) is 17.3. The maximum Gasteiger partial charge on any atom is 0.239 e. The summed E-state index contributed by atoms with van der Waals surface area (Å²) in [7, 11) is 0. The summed E-state index contributed by atoms with van der Waals surface area (Å²) < 4.78 is 10.1. The number of amides is 1. The van der Waals surface area contributed by atoms with Crippen LogP contribution in [0.4, 0.5) is 5.82 Å². The van der Waals surface area contributed by atoms with Gasteiger partial charge in [-0.15, -0.1) is 0 Å². The van der Waals surface area contributed by atoms with Crippen molar-refractivity contribution in [1.29, 1.82) is 0 Å². The molecule has 1 aliphatic heterocycles. The summed E-state index contributed by atoms with van der Waals surface area (Å²) in [5, 5.41) is 6.38. The van der Waals surface area contributed by atoms with E-state index in [2.05, 4.69) is 10.5 Å². The van der Waals surface area contributed by atoms with Gasteiger partial charge in [-0.1, -0.05) is 5.16 Å². The number of anilines is 1. The number of morpholine rings is 1. The van der Waals surface area contributed by atoms with E-state index in [1.807, 2.05) is 4.90 Å². The zero-order valence-corrected chi connectivity index (χ0v) is 9.23. The van der Waals surface area contributed by atoms with Crippen molar-refractivity contribution >= 4 is 11.7 Å². The Kier molecular flexibility index (Phi) is 3.53. The van der Waals surface area contributed by atoms with Crippen molar-refractivity contribution in [2.24, 2.45) is 0 Å². The Morgan fingerprint density at radius 2 is 2.31 bits per heavy atom. The van der Waals surface area contributed by atoms with Crippen molar-refractivity contribution in [2.75, 3.05) is 38.2 Å². The van der Waals surface area contributed by atoms with E-state index < -0.39 is 0 Å². The van der Waals surface area contributed by atoms with Gasteiger partial charge >= 0.3 is 0 Å². The fourth-order valence-corrected chi connectivity index (χ4v) is 1.57. The molecule has 6 nitrogen and oxygen atoms in total. The van der Waals surface area contributed by atoms with Crippen LogP contribution in [-0.4, -0.2) is 48.8 Å². The highest BCUT2D eigenvalue weighted by atomic mass is 16.5. The van der Waals surface area contributed by atoms with Gasteiger partial charge in [0.15, 0.2) is 5.82 Å². The molecule has 0 saturated carbocycles. The highest BCUT2D eigenvalue weighted by Crippen LogP contribution is 2.07. The Balaban J connectivity index is 1.79. The third kappa shape index (κ3) is 3.04. The number of rotatable bonds is 3. The van der Waals surface area contributed by atoms with Crippen molar-refractivity contribution in [3.63, 3.8) is 0 Å². The van der Waals surface area contributed by atoms with Gasteiger partial charge in [-0.2, -0.15) is 0 Å². The number of aryl methyl sites for hydroxylation is 1. The zero-order valence-electron chi connectivity index (χ0n) is 9.23. The summed E-state index contributed by atoms with van der Waals surface area (Å²) in [5.41, 5.74) is 0. The SMILES string of the molecule is Cc1cc(NC(=O)CN2CCOCC2)no1. The first-order valence-electron chi connectivity index (χ1n) is 5.27. The molecule has 0 bridgehead atoms. The molecule has 16 heavy (non-hydrogen) atoms. The summed E-state index contributed by atoms with van der Waals surface area (Å²) in [6.45, 7) is 5.13. The highest BCUT2D eigenvalue weighted by molar-refractivity contribution is 5.91. The maximum atomic E-state index is 11.6. The standard InChI is InChI=1S/C10H15N3O3/c1-8-6-9(12-16-8)11-10(14)7-13-2-4-15-5-3-13/h6H,2-5,7H2,1H3,(H,11,12,14). The number of ether oxygens (including phenoxy) is 1. The van der Waals surface area contributed by atoms with Crippen LogP contribution in [0.25, 0.3) is 0 Å². The number of nitrogens with zero attached hydrogens (tertiary/aromatic N) is 2. The fourth-order valence-electron chi connectivity index (χ4n) is 1.57. The van der Waals surface area contributed by atoms with Crippen LogP contribution in [0.1, 0.15) is 5.76 Å². The summed E-state index contributed by atoms with van der Waals surface area (Å²) in [5.74, 6) is 1.08. The second kappa shape index (κ2) is 5.09. The molecule has 1 aliphatic rings. The van der Waals surface area contributed by atoms with Crippen LogP contribution in [0.2, 0.25) is 0 Å². The molecule has 1 saturated heterocycles. The average molecular weight is 225 g/mol. The molecule has 2 rings (SSSR count). The Labute approximate surface area is 93.5 Å². The van der Waals surface area contributed by atoms with Crippen LogP contribution in [0.3, 0.4) is 0 Å². The number of carbonyl (C=O) groups is 1. The van der Waals surface area contributed by atoms with E-state index in [0.29, 0.717) is 31.3 Å². The van der Waals surface area contributed by atoms with E-state index in [4.69, 9.17) is 9.26 Å². The molecule has 2 heterocycles. The monoisotopic (exact) mass is 225 g/mol. The number of hydrogen-bond acceptors (Lipinski definition) is 5. The van der Waals surface area contributed by atoms with Crippen molar-refractivity contribution in [1.82, 2.24) is 10.1 Å². The molecule has 0 radical (unpaired) electrons. The lowest BCUT2D eigenvalue weighted by Crippen LogP contribution is -2.41. The van der Waals surface area contributed by atoms with Crippen LogP contribution in [0.15, 0.2) is 10.6 Å². The van der Waals surface area contributed by atoms with Crippen LogP contribution in [-0.2, 0) is 9.53 Å². The van der Waals surface area contributed by atoms with Crippen molar-refractivity contribution in [2.45, 2.75) is 6.92 Å². The lowest BCUT2D eigenvalue weighted by molar-refractivity contribution is -0.118. The smallest absolute Gasteiger partial charge is 0.239 e. The van der Waals surface area contributed by atoms with E-state index >= 15 is 0 Å². The molecule has 6 heteroatoms. The third-order valence-electron chi connectivity index (χ3n) is 2.37. The van der Waals surface area contributed by atoms with Crippen molar-refractivity contribution in [3.05, 3.63) is 11.8 Å². The minimum atomic E-state index is -0.0739. The van der Waals surface area contributed by atoms with Crippen LogP contribution < -0.4 is 5.32 Å². The Morgan fingerprint density at radius 1 is 1.56 bits per heavy atom. The topological polar surface area (TPSA) is 67.6 Å². The van der Waals surface area contributed by atoms with Gasteiger partial charge in [-0.05, 0) is 6.92 Å². The van der Waals surface area contributed by atoms with Gasteiger partial charge in [0.05, 0.1) is 19.8 Å². The Hall–Kier alpha value is -1.40. The van der Waals surface area contributed by atoms with E-state index in [0.717, 1.165) is 13.1 Å². The molecule has 0 atom stereocenters. The van der Waals surface area contributed by atoms with E-state index in [9.17, 15) is 4.79 Å². The maximum absolute atomic E-state index is 11.6. The van der Waals surface area contributed by atoms with E-state index in [1.54, 1.807) is 13.0 Å². The minimum absolute atomic E-state index is 0.0739. The lowest BCUT2D eigenvalue weighted by atomic mass is 10.4. The third-order valence-corrected chi connectivity index (χ3v) is 2.37. The molecule has 88 valence electrons. The van der Waals surface area contributed by atoms with Crippen molar-refractivity contribution < 1.29 is 14.1 Å². The van der Waals surface area contributed by atoms with Gasteiger partial charge in [0, 0.05) is 19.2 Å². The van der Waals surface area contributed by atoms with Crippen LogP contribution >= 0.6 is 0 Å². The van der Waals surface area contributed by atoms with Gasteiger partial charge in [0.25, 0.3) is 0 Å². The second-order valence-corrected chi connectivity index (χ2v) is 3.76. The summed E-state index contributed by atoms with van der Waals surface area (Å²) in [6.07, 6.45) is 0. The molecule has 1 aromatic rings. The summed E-state index contributed by atoms with van der Waals surface area (Å²) in [4.78, 5) is 13.7. The highest BCUT2D eigenvalue weighted by Gasteiger charge is 2.14. The molecule has 1 N–H and O–H groups in total. The molecular weight excluding hydrogens is 210 g/mol. The predicted octanol–water partition coefficient (Wildman–Crippen LogP) is 0.254. The molecule has 0 unspecified atom stereocenters. The fraction of sp³-hybridized carbons (Fsp3) is 0.600. The quantitative estimate of drug-likeness (QED) is 0.798. The molecule has 1 aromatic heterocycles. The molecular formula is C10H15N3O3. The van der Waals surface area contributed by atoms with Gasteiger partial charge in [-0.25, -0.2) is 0 Å². The first-order chi connectivity index (χ1) is 7.74. The van der Waals surface area contributed by atoms with Gasteiger partial charge in [-0.3, -0.25) is 9.69 Å². The predicted molar refractivity (Wildman–Crippen MR) is 57.1 cm³/mol. The van der Waals surface area contributed by atoms with Gasteiger partial charge in [0.1, 0.15) is 5.76 Å². The first-order valence-corrected chi connectivity index (χ1v) is 5.27. The van der Waals surface area contributed by atoms with E-state index in [1.165, 1.54) is 0 Å². The zero-order chi connectivity index (χ0) is 11.4. The molecule has 0 aliphatic carbocycles. The largest absolute Gasteiger partial charge is 0.379 e. The molecule has 1 amide bonds. The number of carbonyl (C=O) groups excluding carboxylic acids is 1. The van der Waals surface area contributed by atoms with Gasteiger partial charge < -0.3 is 14.6 Å². The van der Waals surface area contributed by atoms with Crippen LogP contribution in [0.5, 0.6) is 0 Å². The summed E-state index contributed by atoms with van der Waals surface area (Å²) >= 11 is 0. The second-order valence-electron chi connectivity index (χ2n) is 3.76. The Morgan fingerprint density at radius 3 is 2.94 bits per heavy atom. The minimum Gasteiger partial charge on any atom is -0.379 e. The molecule has 1 fully saturated rings. The van der Waals surface area contributed by atoms with Crippen molar-refractivity contribution in [3.8, 4) is 0 Å². The lowest BCUT2D eigenvalue weighted by Gasteiger charge is -2.25. The van der Waals surface area contributed by atoms with E-state index in [-0.39, 0.29) is 5.91 Å². The average Bonchev–Trinajstić information content (AvgIpc) is 2.65. The first kappa shape index (κ1) is 11.1. The Bertz CT molecular complexity index is 358. The molecule has 0 spiro atoms. The number of hydrogen-bond donors (Lipinski definition) is 1. The van der Waals surface area contributed by atoms with Gasteiger partial charge in [0.2, 0.25) is 5.91 Å². The molecule has 0 aromatic carbocycles. The number of nitrogens with one attached hydrogen (secondary N) is 1. The van der Waals surface area contributed by atoms with Crippen LogP contribution in [0, 0.1) is 6.92 Å². The summed E-state index contributed by atoms with van der Waals surface area (Å²) in [6, 6.07) is 1.69.